The first-order valence-electron chi connectivity index (χ1n) is 13.2. The molecular weight excluding hydrogens is 587 g/mol. The van der Waals surface area contributed by atoms with Crippen LogP contribution in [0, 0.1) is 18.3 Å². The van der Waals surface area contributed by atoms with Crippen molar-refractivity contribution in [1.29, 1.82) is 5.26 Å². The Morgan fingerprint density at radius 1 is 1.29 bits per heavy atom. The van der Waals surface area contributed by atoms with E-state index < -0.39 is 45.4 Å². The van der Waals surface area contributed by atoms with Crippen LogP contribution in [0.15, 0.2) is 29.2 Å². The fourth-order valence-electron chi connectivity index (χ4n) is 5.30. The number of nitrogens with zero attached hydrogens (tertiary/aromatic N) is 4. The number of hydrogen-bond acceptors (Lipinski definition) is 8. The van der Waals surface area contributed by atoms with Gasteiger partial charge in [0.05, 0.1) is 33.0 Å². The summed E-state index contributed by atoms with van der Waals surface area (Å²) in [5, 5.41) is 15.6. The summed E-state index contributed by atoms with van der Waals surface area (Å²) in [6.07, 6.45) is -2.22. The van der Waals surface area contributed by atoms with Crippen LogP contribution in [0.25, 0.3) is 0 Å². The summed E-state index contributed by atoms with van der Waals surface area (Å²) in [6, 6.07) is 6.29. The maximum atomic E-state index is 13.8. The van der Waals surface area contributed by atoms with Crippen molar-refractivity contribution in [3.8, 4) is 11.8 Å². The molecule has 5 rings (SSSR count). The minimum absolute atomic E-state index is 0.000566. The highest BCUT2D eigenvalue weighted by Crippen LogP contribution is 2.39. The van der Waals surface area contributed by atoms with Gasteiger partial charge in [-0.1, -0.05) is 11.6 Å². The molecular formula is C26H29ClF3N5O5S. The fourth-order valence-corrected chi connectivity index (χ4v) is 7.53. The van der Waals surface area contributed by atoms with Gasteiger partial charge in [-0.2, -0.15) is 23.5 Å². The molecule has 1 aromatic carbocycles. The first-order valence-corrected chi connectivity index (χ1v) is 15.1. The smallest absolute Gasteiger partial charge is 0.422 e. The van der Waals surface area contributed by atoms with Gasteiger partial charge in [0, 0.05) is 31.9 Å². The van der Waals surface area contributed by atoms with Gasteiger partial charge in [-0.05, 0) is 51.2 Å². The van der Waals surface area contributed by atoms with Crippen LogP contribution >= 0.6 is 11.6 Å². The lowest BCUT2D eigenvalue weighted by atomic mass is 10.1. The van der Waals surface area contributed by atoms with Crippen LogP contribution in [0.2, 0.25) is 5.02 Å². The van der Waals surface area contributed by atoms with E-state index in [1.54, 1.807) is 4.90 Å². The summed E-state index contributed by atoms with van der Waals surface area (Å²) in [4.78, 5) is 15.0. The molecule has 2 aromatic rings. The number of ether oxygens (including phenoxy) is 2. The molecule has 0 radical (unpaired) electrons. The van der Waals surface area contributed by atoms with Crippen molar-refractivity contribution in [2.75, 3.05) is 31.3 Å². The van der Waals surface area contributed by atoms with Gasteiger partial charge in [-0.15, -0.1) is 0 Å². The first kappa shape index (κ1) is 29.5. The SMILES string of the molecule is Cc1cc(N2CC(S(=O)(=O)c3ccc(OCC(F)(F)F)cc3Cl)CC2C(=O)NC2(C#N)CC2)n(C2CCOCC2)n1. The molecule has 1 N–H and O–H groups in total. The normalized spacial score (nSPS) is 22.8. The van der Waals surface area contributed by atoms with E-state index in [0.717, 1.165) is 18.2 Å². The Kier molecular flexibility index (Phi) is 7.90. The molecule has 1 aromatic heterocycles. The van der Waals surface area contributed by atoms with Gasteiger partial charge in [0.25, 0.3) is 0 Å². The molecule has 1 saturated carbocycles. The summed E-state index contributed by atoms with van der Waals surface area (Å²) in [5.74, 6) is -0.0872. The van der Waals surface area contributed by atoms with Crippen LogP contribution < -0.4 is 15.0 Å². The van der Waals surface area contributed by atoms with E-state index in [9.17, 15) is 31.6 Å². The topological polar surface area (TPSA) is 127 Å². The Morgan fingerprint density at radius 3 is 2.61 bits per heavy atom. The summed E-state index contributed by atoms with van der Waals surface area (Å²) in [6.45, 7) is 1.31. The number of nitriles is 1. The molecule has 10 nitrogen and oxygen atoms in total. The van der Waals surface area contributed by atoms with Gasteiger partial charge in [-0.3, -0.25) is 4.79 Å². The predicted molar refractivity (Wildman–Crippen MR) is 142 cm³/mol. The molecule has 2 unspecified atom stereocenters. The van der Waals surface area contributed by atoms with E-state index in [1.807, 2.05) is 17.7 Å². The Bertz CT molecular complexity index is 1460. The number of anilines is 1. The summed E-state index contributed by atoms with van der Waals surface area (Å²) in [5.41, 5.74) is -0.253. The van der Waals surface area contributed by atoms with Crippen molar-refractivity contribution >= 4 is 33.2 Å². The Hall–Kier alpha value is -3.02. The second kappa shape index (κ2) is 11.0. The minimum Gasteiger partial charge on any atom is -0.484 e. The number of rotatable bonds is 8. The molecule has 1 amide bonds. The molecule has 1 aliphatic carbocycles. The van der Waals surface area contributed by atoms with Crippen LogP contribution in [-0.2, 0) is 19.4 Å². The maximum Gasteiger partial charge on any atom is 0.422 e. The number of carbonyl (C=O) groups is 1. The Balaban J connectivity index is 1.45. The van der Waals surface area contributed by atoms with E-state index in [-0.39, 0.29) is 34.7 Å². The zero-order valence-corrected chi connectivity index (χ0v) is 23.7. The zero-order chi connectivity index (χ0) is 29.6. The van der Waals surface area contributed by atoms with E-state index >= 15 is 0 Å². The number of amides is 1. The predicted octanol–water partition coefficient (Wildman–Crippen LogP) is 3.73. The van der Waals surface area contributed by atoms with E-state index in [1.165, 1.54) is 0 Å². The number of halogens is 4. The third-order valence-corrected chi connectivity index (χ3v) is 10.2. The molecule has 0 spiro atoms. The van der Waals surface area contributed by atoms with Crippen LogP contribution in [-0.4, -0.2) is 73.5 Å². The number of benzene rings is 1. The average Bonchev–Trinajstić information content (AvgIpc) is 3.36. The molecule has 2 aliphatic heterocycles. The molecule has 3 heterocycles. The fraction of sp³-hybridized carbons (Fsp3) is 0.577. The largest absolute Gasteiger partial charge is 0.484 e. The number of hydrogen-bond donors (Lipinski definition) is 1. The summed E-state index contributed by atoms with van der Waals surface area (Å²) < 4.78 is 77.3. The summed E-state index contributed by atoms with van der Waals surface area (Å²) >= 11 is 6.24. The highest BCUT2D eigenvalue weighted by Gasteiger charge is 2.50. The third-order valence-electron chi connectivity index (χ3n) is 7.61. The summed E-state index contributed by atoms with van der Waals surface area (Å²) in [7, 11) is -4.15. The number of nitrogens with one attached hydrogen (secondary N) is 1. The Labute approximate surface area is 240 Å². The van der Waals surface area contributed by atoms with Gasteiger partial charge in [0.2, 0.25) is 5.91 Å². The van der Waals surface area contributed by atoms with Crippen molar-refractivity contribution in [3.05, 3.63) is 35.0 Å². The number of aromatic nitrogens is 2. The van der Waals surface area contributed by atoms with E-state index in [0.29, 0.717) is 50.4 Å². The van der Waals surface area contributed by atoms with E-state index in [4.69, 9.17) is 21.1 Å². The number of aryl methyl sites for hydroxylation is 1. The quantitative estimate of drug-likeness (QED) is 0.476. The molecule has 0 bridgehead atoms. The standard InChI is InChI=1S/C26H29ClF3N5O5S/c1-16-10-23(35(33-16)17-4-8-39-9-5-17)34-13-19(12-21(34)24(36)32-25(14-31)6-7-25)41(37,38)22-3-2-18(11-20(22)27)40-15-26(28,29)30/h2-3,10-11,17,19,21H,4-9,12-13,15H2,1H3,(H,32,36). The monoisotopic (exact) mass is 615 g/mol. The third kappa shape index (κ3) is 6.27. The molecule has 3 fully saturated rings. The van der Waals surface area contributed by atoms with Crippen LogP contribution in [0.1, 0.15) is 43.8 Å². The van der Waals surface area contributed by atoms with Crippen LogP contribution in [0.3, 0.4) is 0 Å². The highest BCUT2D eigenvalue weighted by atomic mass is 35.5. The van der Waals surface area contributed by atoms with Crippen molar-refractivity contribution in [2.45, 2.75) is 73.0 Å². The molecule has 3 aliphatic rings. The van der Waals surface area contributed by atoms with Crippen molar-refractivity contribution < 1.29 is 35.9 Å². The lowest BCUT2D eigenvalue weighted by Gasteiger charge is -2.30. The zero-order valence-electron chi connectivity index (χ0n) is 22.2. The van der Waals surface area contributed by atoms with Crippen LogP contribution in [0.4, 0.5) is 19.0 Å². The molecule has 2 atom stereocenters. The first-order chi connectivity index (χ1) is 19.3. The number of alkyl halides is 3. The van der Waals surface area contributed by atoms with E-state index in [2.05, 4.69) is 16.5 Å². The number of sulfone groups is 1. The highest BCUT2D eigenvalue weighted by molar-refractivity contribution is 7.92. The van der Waals surface area contributed by atoms with Crippen molar-refractivity contribution in [2.24, 2.45) is 0 Å². The second-order valence-corrected chi connectivity index (χ2v) is 13.3. The molecule has 222 valence electrons. The molecule has 2 saturated heterocycles. The van der Waals surface area contributed by atoms with Gasteiger partial charge in [0.1, 0.15) is 23.1 Å². The van der Waals surface area contributed by atoms with Crippen molar-refractivity contribution in [3.63, 3.8) is 0 Å². The average molecular weight is 616 g/mol. The minimum atomic E-state index is -4.57. The number of carbonyl (C=O) groups excluding carboxylic acids is 1. The Morgan fingerprint density at radius 2 is 2.00 bits per heavy atom. The van der Waals surface area contributed by atoms with Crippen molar-refractivity contribution in [1.82, 2.24) is 15.1 Å². The van der Waals surface area contributed by atoms with Crippen LogP contribution in [0.5, 0.6) is 5.75 Å². The molecule has 41 heavy (non-hydrogen) atoms. The molecule has 15 heteroatoms. The van der Waals surface area contributed by atoms with Gasteiger partial charge in [0.15, 0.2) is 16.4 Å². The lowest BCUT2D eigenvalue weighted by molar-refractivity contribution is -0.153. The lowest BCUT2D eigenvalue weighted by Crippen LogP contribution is -2.48. The van der Waals surface area contributed by atoms with Gasteiger partial charge < -0.3 is 19.7 Å². The van der Waals surface area contributed by atoms with Gasteiger partial charge in [-0.25, -0.2) is 13.1 Å². The maximum absolute atomic E-state index is 13.8. The van der Waals surface area contributed by atoms with Gasteiger partial charge >= 0.3 is 6.18 Å². The second-order valence-electron chi connectivity index (χ2n) is 10.7.